The van der Waals surface area contributed by atoms with Crippen LogP contribution in [0, 0.1) is 11.8 Å². The van der Waals surface area contributed by atoms with Gasteiger partial charge in [-0.1, -0.05) is 19.1 Å². The van der Waals surface area contributed by atoms with Gasteiger partial charge in [0.15, 0.2) is 0 Å². The first-order chi connectivity index (χ1) is 11.5. The van der Waals surface area contributed by atoms with Crippen LogP contribution in [0.3, 0.4) is 0 Å². The van der Waals surface area contributed by atoms with Gasteiger partial charge < -0.3 is 16.4 Å². The van der Waals surface area contributed by atoms with E-state index in [1.165, 1.54) is 10.1 Å². The van der Waals surface area contributed by atoms with Crippen molar-refractivity contribution < 1.29 is 0 Å². The maximum absolute atomic E-state index is 11.9. The summed E-state index contributed by atoms with van der Waals surface area (Å²) in [5.41, 5.74) is 13.3. The molecule has 0 amide bonds. The highest BCUT2D eigenvalue weighted by Gasteiger charge is 2.53. The van der Waals surface area contributed by atoms with Crippen molar-refractivity contribution in [2.24, 2.45) is 17.6 Å². The van der Waals surface area contributed by atoms with Gasteiger partial charge in [-0.3, -0.25) is 4.57 Å². The molecule has 4 rings (SSSR count). The number of benzene rings is 1. The first-order valence-corrected chi connectivity index (χ1v) is 8.46. The van der Waals surface area contributed by atoms with Gasteiger partial charge in [-0.15, -0.1) is 0 Å². The van der Waals surface area contributed by atoms with Crippen LogP contribution in [-0.4, -0.2) is 40.1 Å². The van der Waals surface area contributed by atoms with E-state index in [4.69, 9.17) is 11.5 Å². The lowest BCUT2D eigenvalue weighted by molar-refractivity contribution is 0.283. The SMILES string of the molecule is CC(CN1C[C@@H]2[C@@H](N)[C@@H]2C1)c1ccc(-n2ccc(N)nc2=O)cc1. The zero-order valence-corrected chi connectivity index (χ0v) is 13.8. The third-order valence-electron chi connectivity index (χ3n) is 5.43. The topological polar surface area (TPSA) is 90.2 Å². The Labute approximate surface area is 141 Å². The van der Waals surface area contributed by atoms with E-state index in [9.17, 15) is 4.79 Å². The molecular weight excluding hydrogens is 302 g/mol. The molecule has 1 aliphatic carbocycles. The Hall–Kier alpha value is -2.18. The summed E-state index contributed by atoms with van der Waals surface area (Å²) in [7, 11) is 0. The van der Waals surface area contributed by atoms with E-state index in [-0.39, 0.29) is 11.5 Å². The van der Waals surface area contributed by atoms with Crippen LogP contribution in [0.4, 0.5) is 5.82 Å². The average molecular weight is 325 g/mol. The molecule has 2 aromatic rings. The number of likely N-dealkylation sites (tertiary alicyclic amines) is 1. The molecule has 1 aromatic heterocycles. The monoisotopic (exact) mass is 325 g/mol. The number of anilines is 1. The van der Waals surface area contributed by atoms with Gasteiger partial charge >= 0.3 is 5.69 Å². The van der Waals surface area contributed by atoms with Crippen LogP contribution in [0.2, 0.25) is 0 Å². The highest BCUT2D eigenvalue weighted by molar-refractivity contribution is 5.37. The summed E-state index contributed by atoms with van der Waals surface area (Å²) in [6.45, 7) is 5.58. The first-order valence-electron chi connectivity index (χ1n) is 8.46. The second kappa shape index (κ2) is 5.72. The molecule has 126 valence electrons. The van der Waals surface area contributed by atoms with Crippen molar-refractivity contribution in [1.82, 2.24) is 14.5 Å². The fourth-order valence-electron chi connectivity index (χ4n) is 3.88. The number of fused-ring (bicyclic) bond motifs is 1. The predicted octanol–water partition coefficient (Wildman–Crippen LogP) is 0.807. The maximum Gasteiger partial charge on any atom is 0.354 e. The van der Waals surface area contributed by atoms with Crippen LogP contribution >= 0.6 is 0 Å². The predicted molar refractivity (Wildman–Crippen MR) is 94.1 cm³/mol. The molecule has 1 unspecified atom stereocenters. The number of nitrogens with zero attached hydrogens (tertiary/aromatic N) is 3. The van der Waals surface area contributed by atoms with Crippen LogP contribution in [0.5, 0.6) is 0 Å². The quantitative estimate of drug-likeness (QED) is 0.868. The van der Waals surface area contributed by atoms with Gasteiger partial charge in [0.2, 0.25) is 0 Å². The molecule has 2 heterocycles. The standard InChI is InChI=1S/C18H23N5O/c1-11(8-22-9-14-15(10-22)17(14)20)12-2-4-13(5-3-12)23-7-6-16(19)21-18(23)24/h2-7,11,14-15,17H,8-10,20H2,1H3,(H2,19,21,24)/t11?,14-,15+,17+. The zero-order valence-electron chi connectivity index (χ0n) is 13.8. The van der Waals surface area contributed by atoms with Crippen molar-refractivity contribution in [2.45, 2.75) is 18.9 Å². The Balaban J connectivity index is 1.44. The summed E-state index contributed by atoms with van der Waals surface area (Å²) in [5.74, 6) is 2.15. The number of aromatic nitrogens is 2. The molecule has 1 saturated carbocycles. The lowest BCUT2D eigenvalue weighted by Gasteiger charge is -2.23. The third kappa shape index (κ3) is 2.72. The van der Waals surface area contributed by atoms with Gasteiger partial charge in [0.1, 0.15) is 5.82 Å². The fourth-order valence-corrected chi connectivity index (χ4v) is 3.88. The Kier molecular flexibility index (Phi) is 3.66. The van der Waals surface area contributed by atoms with Crippen LogP contribution in [0.1, 0.15) is 18.4 Å². The summed E-state index contributed by atoms with van der Waals surface area (Å²) in [6, 6.07) is 10.2. The summed E-state index contributed by atoms with van der Waals surface area (Å²) < 4.78 is 1.50. The number of hydrogen-bond donors (Lipinski definition) is 2. The van der Waals surface area contributed by atoms with E-state index in [1.807, 2.05) is 12.1 Å². The number of piperidine rings is 1. The second-order valence-electron chi connectivity index (χ2n) is 7.12. The zero-order chi connectivity index (χ0) is 16.8. The minimum absolute atomic E-state index is 0.241. The van der Waals surface area contributed by atoms with E-state index in [1.54, 1.807) is 12.3 Å². The van der Waals surface area contributed by atoms with Gasteiger partial charge in [-0.05, 0) is 41.5 Å². The van der Waals surface area contributed by atoms with E-state index in [2.05, 4.69) is 28.9 Å². The molecule has 0 bridgehead atoms. The number of nitrogens with two attached hydrogens (primary N) is 2. The van der Waals surface area contributed by atoms with E-state index < -0.39 is 0 Å². The maximum atomic E-state index is 11.9. The number of hydrogen-bond acceptors (Lipinski definition) is 5. The molecule has 6 heteroatoms. The van der Waals surface area contributed by atoms with Crippen LogP contribution in [0.15, 0.2) is 41.3 Å². The van der Waals surface area contributed by atoms with Crippen LogP contribution in [-0.2, 0) is 0 Å². The van der Waals surface area contributed by atoms with Crippen molar-refractivity contribution in [2.75, 3.05) is 25.4 Å². The van der Waals surface area contributed by atoms with Crippen molar-refractivity contribution in [3.05, 3.63) is 52.6 Å². The molecule has 1 aliphatic heterocycles. The molecule has 4 N–H and O–H groups in total. The van der Waals surface area contributed by atoms with Gasteiger partial charge in [0.25, 0.3) is 0 Å². The minimum Gasteiger partial charge on any atom is -0.383 e. The van der Waals surface area contributed by atoms with Crippen molar-refractivity contribution >= 4 is 5.82 Å². The molecule has 0 radical (unpaired) electrons. The van der Waals surface area contributed by atoms with Crippen molar-refractivity contribution in [1.29, 1.82) is 0 Å². The third-order valence-corrected chi connectivity index (χ3v) is 5.43. The highest BCUT2D eigenvalue weighted by atomic mass is 16.1. The minimum atomic E-state index is -0.358. The molecule has 1 saturated heterocycles. The molecule has 24 heavy (non-hydrogen) atoms. The summed E-state index contributed by atoms with van der Waals surface area (Å²) >= 11 is 0. The van der Waals surface area contributed by atoms with Crippen molar-refractivity contribution in [3.63, 3.8) is 0 Å². The Morgan fingerprint density at radius 3 is 2.50 bits per heavy atom. The average Bonchev–Trinajstić information content (AvgIpc) is 2.96. The number of nitrogen functional groups attached to an aromatic ring is 1. The largest absolute Gasteiger partial charge is 0.383 e. The van der Waals surface area contributed by atoms with Gasteiger partial charge in [0, 0.05) is 31.9 Å². The molecule has 2 fully saturated rings. The highest BCUT2D eigenvalue weighted by Crippen LogP contribution is 2.44. The Morgan fingerprint density at radius 1 is 1.21 bits per heavy atom. The van der Waals surface area contributed by atoms with E-state index in [0.29, 0.717) is 12.0 Å². The molecule has 2 aliphatic rings. The summed E-state index contributed by atoms with van der Waals surface area (Å²) in [6.07, 6.45) is 1.66. The lowest BCUT2D eigenvalue weighted by Crippen LogP contribution is -2.31. The summed E-state index contributed by atoms with van der Waals surface area (Å²) in [4.78, 5) is 18.2. The Morgan fingerprint density at radius 2 is 1.88 bits per heavy atom. The van der Waals surface area contributed by atoms with Crippen LogP contribution < -0.4 is 17.2 Å². The normalized spacial score (nSPS) is 27.0. The first kappa shape index (κ1) is 15.4. The van der Waals surface area contributed by atoms with Gasteiger partial charge in [-0.25, -0.2) is 4.79 Å². The van der Waals surface area contributed by atoms with Gasteiger partial charge in [-0.2, -0.15) is 4.98 Å². The smallest absolute Gasteiger partial charge is 0.354 e. The molecule has 1 aromatic carbocycles. The molecular formula is C18H23N5O. The number of rotatable bonds is 4. The van der Waals surface area contributed by atoms with Gasteiger partial charge in [0.05, 0.1) is 5.69 Å². The van der Waals surface area contributed by atoms with E-state index >= 15 is 0 Å². The lowest BCUT2D eigenvalue weighted by atomic mass is 10.00. The fraction of sp³-hybridized carbons (Fsp3) is 0.444. The molecule has 4 atom stereocenters. The molecule has 6 nitrogen and oxygen atoms in total. The Bertz CT molecular complexity index is 788. The van der Waals surface area contributed by atoms with E-state index in [0.717, 1.165) is 37.2 Å². The van der Waals surface area contributed by atoms with Crippen molar-refractivity contribution in [3.8, 4) is 5.69 Å². The summed E-state index contributed by atoms with van der Waals surface area (Å²) in [5, 5.41) is 0. The van der Waals surface area contributed by atoms with Crippen LogP contribution in [0.25, 0.3) is 5.69 Å². The molecule has 0 spiro atoms. The second-order valence-corrected chi connectivity index (χ2v) is 7.12.